The number of nitriles is 1. The molecule has 0 N–H and O–H groups in total. The molecule has 0 aliphatic carbocycles. The molecule has 0 bridgehead atoms. The molecule has 0 radical (unpaired) electrons. The lowest BCUT2D eigenvalue weighted by Gasteiger charge is -2.34. The van der Waals surface area contributed by atoms with E-state index in [1.54, 1.807) is 13.2 Å². The first-order valence-corrected chi connectivity index (χ1v) is 7.39. The summed E-state index contributed by atoms with van der Waals surface area (Å²) in [6.45, 7) is 7.62. The van der Waals surface area contributed by atoms with Crippen molar-refractivity contribution >= 4 is 0 Å². The maximum Gasteiger partial charge on any atom is 0.137 e. The lowest BCUT2D eigenvalue weighted by molar-refractivity contribution is 0.0894. The molecule has 5 heteroatoms. The van der Waals surface area contributed by atoms with Crippen molar-refractivity contribution in [3.8, 4) is 11.8 Å². The van der Waals surface area contributed by atoms with E-state index < -0.39 is 0 Å². The number of ether oxygens (including phenoxy) is 2. The summed E-state index contributed by atoms with van der Waals surface area (Å²) >= 11 is 0. The van der Waals surface area contributed by atoms with Crippen molar-refractivity contribution < 1.29 is 9.47 Å². The molecule has 1 aliphatic heterocycles. The van der Waals surface area contributed by atoms with E-state index in [4.69, 9.17) is 14.7 Å². The van der Waals surface area contributed by atoms with Crippen LogP contribution in [0.15, 0.2) is 24.3 Å². The highest BCUT2D eigenvalue weighted by atomic mass is 16.5. The van der Waals surface area contributed by atoms with E-state index in [-0.39, 0.29) is 0 Å². The average molecular weight is 289 g/mol. The zero-order valence-corrected chi connectivity index (χ0v) is 12.6. The Balaban J connectivity index is 1.67. The molecule has 1 saturated heterocycles. The number of piperazine rings is 1. The van der Waals surface area contributed by atoms with Gasteiger partial charge in [0.1, 0.15) is 18.4 Å². The Morgan fingerprint density at radius 3 is 2.29 bits per heavy atom. The van der Waals surface area contributed by atoms with E-state index in [0.717, 1.165) is 45.9 Å². The highest BCUT2D eigenvalue weighted by molar-refractivity contribution is 5.42. The largest absolute Gasteiger partial charge is 0.491 e. The van der Waals surface area contributed by atoms with E-state index in [1.807, 2.05) is 18.2 Å². The van der Waals surface area contributed by atoms with Crippen LogP contribution in [0.4, 0.5) is 0 Å². The van der Waals surface area contributed by atoms with E-state index in [0.29, 0.717) is 17.9 Å². The Hall–Kier alpha value is -1.61. The molecule has 0 amide bonds. The van der Waals surface area contributed by atoms with E-state index in [1.165, 1.54) is 0 Å². The fraction of sp³-hybridized carbons (Fsp3) is 0.562. The summed E-state index contributed by atoms with van der Waals surface area (Å²) in [4.78, 5) is 4.82. The van der Waals surface area contributed by atoms with Gasteiger partial charge in [-0.15, -0.1) is 0 Å². The van der Waals surface area contributed by atoms with Crippen molar-refractivity contribution in [3.63, 3.8) is 0 Å². The van der Waals surface area contributed by atoms with E-state index >= 15 is 0 Å². The minimum Gasteiger partial charge on any atom is -0.491 e. The Labute approximate surface area is 126 Å². The van der Waals surface area contributed by atoms with Gasteiger partial charge in [-0.2, -0.15) is 5.26 Å². The highest BCUT2D eigenvalue weighted by Gasteiger charge is 2.16. The molecular formula is C16H23N3O2. The molecule has 5 nitrogen and oxygen atoms in total. The first-order valence-electron chi connectivity index (χ1n) is 7.39. The lowest BCUT2D eigenvalue weighted by atomic mass is 10.2. The molecule has 0 aromatic heterocycles. The summed E-state index contributed by atoms with van der Waals surface area (Å²) in [5.74, 6) is 0.679. The number of hydrogen-bond acceptors (Lipinski definition) is 5. The van der Waals surface area contributed by atoms with E-state index in [2.05, 4.69) is 15.9 Å². The van der Waals surface area contributed by atoms with Crippen LogP contribution in [-0.4, -0.2) is 69.4 Å². The van der Waals surface area contributed by atoms with E-state index in [9.17, 15) is 0 Å². The second-order valence-corrected chi connectivity index (χ2v) is 5.13. The molecule has 1 heterocycles. The van der Waals surface area contributed by atoms with Gasteiger partial charge in [-0.3, -0.25) is 9.80 Å². The van der Waals surface area contributed by atoms with Gasteiger partial charge in [-0.05, 0) is 12.1 Å². The lowest BCUT2D eigenvalue weighted by Crippen LogP contribution is -2.48. The van der Waals surface area contributed by atoms with Gasteiger partial charge < -0.3 is 9.47 Å². The molecule has 1 aliphatic rings. The third-order valence-corrected chi connectivity index (χ3v) is 3.75. The SMILES string of the molecule is COCCN1CCN(CCOc2ccccc2C#N)CC1. The van der Waals surface area contributed by atoms with Crippen molar-refractivity contribution in [3.05, 3.63) is 29.8 Å². The summed E-state index contributed by atoms with van der Waals surface area (Å²) in [6.07, 6.45) is 0. The van der Waals surface area contributed by atoms with Crippen LogP contribution in [0.3, 0.4) is 0 Å². The summed E-state index contributed by atoms with van der Waals surface area (Å²) in [5.41, 5.74) is 0.599. The molecule has 0 atom stereocenters. The zero-order chi connectivity index (χ0) is 14.9. The molecular weight excluding hydrogens is 266 g/mol. The van der Waals surface area contributed by atoms with Gasteiger partial charge in [0.15, 0.2) is 0 Å². The van der Waals surface area contributed by atoms with Crippen LogP contribution in [0.5, 0.6) is 5.75 Å². The number of para-hydroxylation sites is 1. The second-order valence-electron chi connectivity index (χ2n) is 5.13. The summed E-state index contributed by atoms with van der Waals surface area (Å²) < 4.78 is 10.8. The molecule has 114 valence electrons. The fourth-order valence-electron chi connectivity index (χ4n) is 2.43. The summed E-state index contributed by atoms with van der Waals surface area (Å²) in [7, 11) is 1.74. The first kappa shape index (κ1) is 15.8. The van der Waals surface area contributed by atoms with Gasteiger partial charge in [0, 0.05) is 46.4 Å². The summed E-state index contributed by atoms with van der Waals surface area (Å²) in [6, 6.07) is 9.53. The minimum absolute atomic E-state index is 0.599. The van der Waals surface area contributed by atoms with Crippen LogP contribution in [0, 0.1) is 11.3 Å². The Morgan fingerprint density at radius 1 is 1.05 bits per heavy atom. The fourth-order valence-corrected chi connectivity index (χ4v) is 2.43. The second kappa shape index (κ2) is 8.63. The van der Waals surface area contributed by atoms with Crippen LogP contribution in [0.1, 0.15) is 5.56 Å². The molecule has 21 heavy (non-hydrogen) atoms. The number of benzene rings is 1. The molecule has 1 fully saturated rings. The van der Waals surface area contributed by atoms with Gasteiger partial charge in [-0.25, -0.2) is 0 Å². The summed E-state index contributed by atoms with van der Waals surface area (Å²) in [5, 5.41) is 9.01. The quantitative estimate of drug-likeness (QED) is 0.755. The molecule has 1 aromatic carbocycles. The molecule has 0 unspecified atom stereocenters. The number of nitrogens with zero attached hydrogens (tertiary/aromatic N) is 3. The van der Waals surface area contributed by atoms with Gasteiger partial charge in [0.05, 0.1) is 12.2 Å². The third kappa shape index (κ3) is 5.01. The van der Waals surface area contributed by atoms with Crippen LogP contribution in [-0.2, 0) is 4.74 Å². The monoisotopic (exact) mass is 289 g/mol. The van der Waals surface area contributed by atoms with Gasteiger partial charge in [0.25, 0.3) is 0 Å². The molecule has 1 aromatic rings. The number of methoxy groups -OCH3 is 1. The number of rotatable bonds is 7. The Kier molecular flexibility index (Phi) is 6.48. The Bertz CT molecular complexity index is 465. The van der Waals surface area contributed by atoms with Gasteiger partial charge >= 0.3 is 0 Å². The van der Waals surface area contributed by atoms with Crippen LogP contribution in [0.25, 0.3) is 0 Å². The van der Waals surface area contributed by atoms with Crippen LogP contribution in [0.2, 0.25) is 0 Å². The maximum atomic E-state index is 9.01. The third-order valence-electron chi connectivity index (χ3n) is 3.75. The minimum atomic E-state index is 0.599. The van der Waals surface area contributed by atoms with Crippen LogP contribution >= 0.6 is 0 Å². The number of hydrogen-bond donors (Lipinski definition) is 0. The topological polar surface area (TPSA) is 48.7 Å². The smallest absolute Gasteiger partial charge is 0.137 e. The predicted molar refractivity (Wildman–Crippen MR) is 81.4 cm³/mol. The van der Waals surface area contributed by atoms with Crippen molar-refractivity contribution in [1.29, 1.82) is 5.26 Å². The zero-order valence-electron chi connectivity index (χ0n) is 12.6. The highest BCUT2D eigenvalue weighted by Crippen LogP contribution is 2.16. The van der Waals surface area contributed by atoms with Crippen molar-refractivity contribution in [1.82, 2.24) is 9.80 Å². The molecule has 2 rings (SSSR count). The first-order chi connectivity index (χ1) is 10.3. The standard InChI is InChI=1S/C16H23N3O2/c1-20-12-10-18-6-8-19(9-7-18)11-13-21-16-5-3-2-4-15(16)14-17/h2-5H,6-13H2,1H3. The molecule has 0 saturated carbocycles. The Morgan fingerprint density at radius 2 is 1.67 bits per heavy atom. The maximum absolute atomic E-state index is 9.01. The van der Waals surface area contributed by atoms with Gasteiger partial charge in [0.2, 0.25) is 0 Å². The van der Waals surface area contributed by atoms with Crippen LogP contribution < -0.4 is 4.74 Å². The van der Waals surface area contributed by atoms with Crippen molar-refractivity contribution in [2.24, 2.45) is 0 Å². The average Bonchev–Trinajstić information content (AvgIpc) is 2.54. The predicted octanol–water partition coefficient (Wildman–Crippen LogP) is 1.20. The van der Waals surface area contributed by atoms with Gasteiger partial charge in [-0.1, -0.05) is 12.1 Å². The normalized spacial score (nSPS) is 16.6. The van der Waals surface area contributed by atoms with Crippen molar-refractivity contribution in [2.45, 2.75) is 0 Å². The van der Waals surface area contributed by atoms with Crippen molar-refractivity contribution in [2.75, 3.05) is 59.6 Å². The molecule has 0 spiro atoms.